The molecule has 0 aliphatic heterocycles. The van der Waals surface area contributed by atoms with Gasteiger partial charge in [0.1, 0.15) is 5.75 Å². The molecule has 1 aromatic heterocycles. The second kappa shape index (κ2) is 7.95. The van der Waals surface area contributed by atoms with E-state index in [4.69, 9.17) is 4.74 Å². The Hall–Kier alpha value is -3.62. The molecular formula is C19H15F3N4O2. The van der Waals surface area contributed by atoms with Gasteiger partial charge in [-0.05, 0) is 54.6 Å². The van der Waals surface area contributed by atoms with Gasteiger partial charge in [-0.25, -0.2) is 0 Å². The van der Waals surface area contributed by atoms with Gasteiger partial charge in [0.2, 0.25) is 0 Å². The number of alkyl halides is 3. The SMILES string of the molecule is COc1cccc(C(=O)Nc2ccc(Nc3ccc(C(F)(F)F)cc3)nn2)c1. The highest BCUT2D eigenvalue weighted by Gasteiger charge is 2.29. The molecule has 0 bridgehead atoms. The molecule has 0 fully saturated rings. The molecule has 0 atom stereocenters. The average molecular weight is 388 g/mol. The number of halogens is 3. The Balaban J connectivity index is 1.64. The van der Waals surface area contributed by atoms with E-state index in [1.807, 2.05) is 0 Å². The first-order valence-corrected chi connectivity index (χ1v) is 8.08. The van der Waals surface area contributed by atoms with Crippen LogP contribution in [0.1, 0.15) is 15.9 Å². The maximum Gasteiger partial charge on any atom is 0.416 e. The average Bonchev–Trinajstić information content (AvgIpc) is 2.69. The van der Waals surface area contributed by atoms with Crippen molar-refractivity contribution in [1.29, 1.82) is 0 Å². The van der Waals surface area contributed by atoms with Crippen LogP contribution in [0, 0.1) is 0 Å². The molecule has 3 rings (SSSR count). The largest absolute Gasteiger partial charge is 0.497 e. The molecule has 1 heterocycles. The third kappa shape index (κ3) is 4.76. The van der Waals surface area contributed by atoms with Crippen molar-refractivity contribution in [2.24, 2.45) is 0 Å². The number of hydrogen-bond acceptors (Lipinski definition) is 5. The van der Waals surface area contributed by atoms with Crippen LogP contribution in [-0.2, 0) is 6.18 Å². The van der Waals surface area contributed by atoms with Gasteiger partial charge in [-0.2, -0.15) is 13.2 Å². The molecule has 2 N–H and O–H groups in total. The third-order valence-corrected chi connectivity index (χ3v) is 3.72. The minimum Gasteiger partial charge on any atom is -0.497 e. The number of methoxy groups -OCH3 is 1. The van der Waals surface area contributed by atoms with E-state index in [1.54, 1.807) is 30.3 Å². The molecule has 0 aliphatic rings. The molecule has 6 nitrogen and oxygen atoms in total. The minimum absolute atomic E-state index is 0.228. The van der Waals surface area contributed by atoms with Crippen molar-refractivity contribution in [1.82, 2.24) is 10.2 Å². The van der Waals surface area contributed by atoms with Gasteiger partial charge in [-0.3, -0.25) is 4.79 Å². The molecule has 1 amide bonds. The van der Waals surface area contributed by atoms with Crippen molar-refractivity contribution in [3.63, 3.8) is 0 Å². The molecule has 0 saturated carbocycles. The standard InChI is InChI=1S/C19H15F3N4O2/c1-28-15-4-2-3-12(11-15)18(27)24-17-10-9-16(25-26-17)23-14-7-5-13(6-8-14)19(20,21)22/h2-11H,1H3,(H,23,25)(H,24,26,27). The predicted molar refractivity (Wildman–Crippen MR) is 97.7 cm³/mol. The van der Waals surface area contributed by atoms with Gasteiger partial charge in [0, 0.05) is 11.3 Å². The maximum atomic E-state index is 12.6. The fourth-order valence-corrected chi connectivity index (χ4v) is 2.31. The first-order valence-electron chi connectivity index (χ1n) is 8.08. The van der Waals surface area contributed by atoms with Gasteiger partial charge in [0.15, 0.2) is 11.6 Å². The van der Waals surface area contributed by atoms with Crippen LogP contribution in [-0.4, -0.2) is 23.2 Å². The molecule has 0 unspecified atom stereocenters. The fourth-order valence-electron chi connectivity index (χ4n) is 2.31. The van der Waals surface area contributed by atoms with Gasteiger partial charge < -0.3 is 15.4 Å². The van der Waals surface area contributed by atoms with Gasteiger partial charge in [-0.15, -0.1) is 10.2 Å². The first kappa shape index (κ1) is 19.2. The number of carbonyl (C=O) groups is 1. The molecule has 0 saturated heterocycles. The van der Waals surface area contributed by atoms with Crippen LogP contribution in [0.2, 0.25) is 0 Å². The normalized spacial score (nSPS) is 11.0. The lowest BCUT2D eigenvalue weighted by atomic mass is 10.2. The molecule has 0 radical (unpaired) electrons. The Morgan fingerprint density at radius 2 is 1.64 bits per heavy atom. The molecule has 0 spiro atoms. The van der Waals surface area contributed by atoms with Crippen molar-refractivity contribution in [3.8, 4) is 5.75 Å². The first-order chi connectivity index (χ1) is 13.3. The highest BCUT2D eigenvalue weighted by atomic mass is 19.4. The van der Waals surface area contributed by atoms with Gasteiger partial charge in [-0.1, -0.05) is 6.07 Å². The Morgan fingerprint density at radius 1 is 0.964 bits per heavy atom. The fraction of sp³-hybridized carbons (Fsp3) is 0.105. The second-order valence-electron chi connectivity index (χ2n) is 5.69. The third-order valence-electron chi connectivity index (χ3n) is 3.72. The topological polar surface area (TPSA) is 76.1 Å². The Morgan fingerprint density at radius 3 is 2.25 bits per heavy atom. The van der Waals surface area contributed by atoms with Crippen LogP contribution in [0.25, 0.3) is 0 Å². The quantitative estimate of drug-likeness (QED) is 0.673. The molecule has 9 heteroatoms. The summed E-state index contributed by atoms with van der Waals surface area (Å²) >= 11 is 0. The van der Waals surface area contributed by atoms with E-state index in [-0.39, 0.29) is 11.7 Å². The van der Waals surface area contributed by atoms with E-state index in [2.05, 4.69) is 20.8 Å². The van der Waals surface area contributed by atoms with Gasteiger partial charge in [0.25, 0.3) is 5.91 Å². The number of ether oxygens (including phenoxy) is 1. The zero-order valence-corrected chi connectivity index (χ0v) is 14.6. The number of aromatic nitrogens is 2. The summed E-state index contributed by atoms with van der Waals surface area (Å²) in [5.74, 6) is 0.719. The van der Waals surface area contributed by atoms with Crippen LogP contribution in [0.4, 0.5) is 30.5 Å². The highest BCUT2D eigenvalue weighted by molar-refractivity contribution is 6.03. The number of carbonyl (C=O) groups excluding carboxylic acids is 1. The molecule has 0 aliphatic carbocycles. The summed E-state index contributed by atoms with van der Waals surface area (Å²) in [6.45, 7) is 0. The number of amides is 1. The van der Waals surface area contributed by atoms with Crippen molar-refractivity contribution < 1.29 is 22.7 Å². The van der Waals surface area contributed by atoms with E-state index < -0.39 is 11.7 Å². The molecule has 3 aromatic rings. The van der Waals surface area contributed by atoms with E-state index >= 15 is 0 Å². The van der Waals surface area contributed by atoms with Crippen molar-refractivity contribution in [3.05, 3.63) is 71.8 Å². The summed E-state index contributed by atoms with van der Waals surface area (Å²) in [5.41, 5.74) is 0.0864. The zero-order valence-electron chi connectivity index (χ0n) is 14.6. The number of anilines is 3. The number of rotatable bonds is 5. The lowest BCUT2D eigenvalue weighted by Gasteiger charge is -2.09. The molecule has 2 aromatic carbocycles. The molecular weight excluding hydrogens is 373 g/mol. The Bertz CT molecular complexity index is 958. The lowest BCUT2D eigenvalue weighted by molar-refractivity contribution is -0.137. The van der Waals surface area contributed by atoms with E-state index in [0.29, 0.717) is 22.8 Å². The lowest BCUT2D eigenvalue weighted by Crippen LogP contribution is -2.13. The van der Waals surface area contributed by atoms with E-state index in [1.165, 1.54) is 25.3 Å². The monoisotopic (exact) mass is 388 g/mol. The summed E-state index contributed by atoms with van der Waals surface area (Å²) in [4.78, 5) is 12.2. The van der Waals surface area contributed by atoms with Crippen LogP contribution < -0.4 is 15.4 Å². The van der Waals surface area contributed by atoms with Crippen molar-refractivity contribution >= 4 is 23.2 Å². The zero-order chi connectivity index (χ0) is 20.1. The van der Waals surface area contributed by atoms with Crippen molar-refractivity contribution in [2.75, 3.05) is 17.7 Å². The highest BCUT2D eigenvalue weighted by Crippen LogP contribution is 2.30. The number of benzene rings is 2. The summed E-state index contributed by atoms with van der Waals surface area (Å²) in [6.07, 6.45) is -4.39. The van der Waals surface area contributed by atoms with Crippen LogP contribution in [0.5, 0.6) is 5.75 Å². The second-order valence-corrected chi connectivity index (χ2v) is 5.69. The number of nitrogens with zero attached hydrogens (tertiary/aromatic N) is 2. The Kier molecular flexibility index (Phi) is 5.44. The summed E-state index contributed by atoms with van der Waals surface area (Å²) < 4.78 is 42.8. The number of nitrogens with one attached hydrogen (secondary N) is 2. The summed E-state index contributed by atoms with van der Waals surface area (Å²) in [7, 11) is 1.50. The minimum atomic E-state index is -4.39. The number of hydrogen-bond donors (Lipinski definition) is 2. The van der Waals surface area contributed by atoms with Crippen LogP contribution in [0.15, 0.2) is 60.7 Å². The van der Waals surface area contributed by atoms with Crippen LogP contribution >= 0.6 is 0 Å². The van der Waals surface area contributed by atoms with Crippen molar-refractivity contribution in [2.45, 2.75) is 6.18 Å². The van der Waals surface area contributed by atoms with Crippen LogP contribution in [0.3, 0.4) is 0 Å². The van der Waals surface area contributed by atoms with Gasteiger partial charge >= 0.3 is 6.18 Å². The molecule has 144 valence electrons. The summed E-state index contributed by atoms with van der Waals surface area (Å²) in [5, 5.41) is 13.2. The summed E-state index contributed by atoms with van der Waals surface area (Å²) in [6, 6.07) is 14.2. The van der Waals surface area contributed by atoms with Gasteiger partial charge in [0.05, 0.1) is 12.7 Å². The smallest absolute Gasteiger partial charge is 0.416 e. The van der Waals surface area contributed by atoms with E-state index in [0.717, 1.165) is 12.1 Å². The molecule has 28 heavy (non-hydrogen) atoms. The van der Waals surface area contributed by atoms with E-state index in [9.17, 15) is 18.0 Å². The predicted octanol–water partition coefficient (Wildman–Crippen LogP) is 4.50. The Labute approximate surface area is 158 Å². The maximum absolute atomic E-state index is 12.6.